The van der Waals surface area contributed by atoms with Gasteiger partial charge in [0, 0.05) is 18.7 Å². The first-order valence-electron chi connectivity index (χ1n) is 11.8. The molecule has 2 aromatic carbocycles. The molecule has 1 unspecified atom stereocenters. The number of carbonyl (C=O) groups excluding carboxylic acids is 1. The summed E-state index contributed by atoms with van der Waals surface area (Å²) in [6.45, 7) is 2.18. The Balaban J connectivity index is 1.72. The molecule has 1 aliphatic rings. The number of anilines is 1. The van der Waals surface area contributed by atoms with E-state index in [1.165, 1.54) is 12.1 Å². The lowest BCUT2D eigenvalue weighted by Gasteiger charge is -2.41. The van der Waals surface area contributed by atoms with Crippen molar-refractivity contribution in [1.29, 1.82) is 0 Å². The second-order valence-electron chi connectivity index (χ2n) is 8.99. The van der Waals surface area contributed by atoms with Crippen LogP contribution in [0.2, 0.25) is 0 Å². The van der Waals surface area contributed by atoms with Gasteiger partial charge in [-0.15, -0.1) is 0 Å². The molecule has 1 fully saturated rings. The average Bonchev–Trinajstić information content (AvgIpc) is 2.86. The highest BCUT2D eigenvalue weighted by Crippen LogP contribution is 2.38. The third-order valence-electron chi connectivity index (χ3n) is 6.41. The molecule has 1 aliphatic carbocycles. The van der Waals surface area contributed by atoms with E-state index in [1.54, 1.807) is 44.6 Å². The molecule has 9 heteroatoms. The smallest absolute Gasteiger partial charge is 0.407 e. The van der Waals surface area contributed by atoms with E-state index < -0.39 is 23.7 Å². The first-order chi connectivity index (χ1) is 16.7. The number of benzene rings is 2. The van der Waals surface area contributed by atoms with E-state index in [0.717, 1.165) is 12.1 Å². The molecule has 192 valence electrons. The molecule has 0 bridgehead atoms. The fourth-order valence-corrected chi connectivity index (χ4v) is 4.49. The number of hydrogen-bond acceptors (Lipinski definition) is 5. The minimum Gasteiger partial charge on any atom is -0.497 e. The van der Waals surface area contributed by atoms with E-state index in [1.807, 2.05) is 13.0 Å². The van der Waals surface area contributed by atoms with E-state index in [2.05, 4.69) is 16.0 Å². The lowest BCUT2D eigenvalue weighted by molar-refractivity contribution is -0.166. The molecule has 0 saturated heterocycles. The van der Waals surface area contributed by atoms with Crippen molar-refractivity contribution in [1.82, 2.24) is 10.6 Å². The van der Waals surface area contributed by atoms with Gasteiger partial charge in [-0.2, -0.15) is 13.2 Å². The Bertz CT molecular complexity index is 963. The maximum Gasteiger partial charge on any atom is 0.407 e. The molecule has 0 aliphatic heterocycles. The van der Waals surface area contributed by atoms with Gasteiger partial charge in [-0.25, -0.2) is 0 Å². The zero-order chi connectivity index (χ0) is 25.5. The molecule has 0 spiro atoms. The summed E-state index contributed by atoms with van der Waals surface area (Å²) in [5.41, 5.74) is -0.472. The summed E-state index contributed by atoms with van der Waals surface area (Å²) in [7, 11) is 3.11. The minimum atomic E-state index is -4.54. The Morgan fingerprint density at radius 1 is 1.03 bits per heavy atom. The fourth-order valence-electron chi connectivity index (χ4n) is 4.49. The van der Waals surface area contributed by atoms with Crippen LogP contribution in [-0.4, -0.2) is 44.4 Å². The third kappa shape index (κ3) is 6.81. The highest BCUT2D eigenvalue weighted by molar-refractivity contribution is 5.87. The number of methoxy groups -OCH3 is 2. The second-order valence-corrected chi connectivity index (χ2v) is 8.99. The first-order valence-corrected chi connectivity index (χ1v) is 11.8. The van der Waals surface area contributed by atoms with Gasteiger partial charge in [0.05, 0.1) is 25.4 Å². The van der Waals surface area contributed by atoms with Crippen molar-refractivity contribution in [3.8, 4) is 11.5 Å². The van der Waals surface area contributed by atoms with Crippen LogP contribution in [0.4, 0.5) is 18.9 Å². The monoisotopic (exact) mass is 493 g/mol. The van der Waals surface area contributed by atoms with Crippen LogP contribution in [0.3, 0.4) is 0 Å². The SMILES string of the molecule is COc1ccc(NC[C@H](C)NC(=O)C2(NC(c3ccccc3)C(F)(F)F)CCCCC2)c(OC)c1. The van der Waals surface area contributed by atoms with E-state index in [4.69, 9.17) is 9.47 Å². The zero-order valence-corrected chi connectivity index (χ0v) is 20.4. The Hall–Kier alpha value is -2.94. The van der Waals surface area contributed by atoms with Crippen LogP contribution in [0.25, 0.3) is 0 Å². The molecule has 0 aromatic heterocycles. The van der Waals surface area contributed by atoms with E-state index in [-0.39, 0.29) is 11.6 Å². The number of rotatable bonds is 10. The van der Waals surface area contributed by atoms with Gasteiger partial charge in [0.25, 0.3) is 0 Å². The predicted molar refractivity (Wildman–Crippen MR) is 130 cm³/mol. The summed E-state index contributed by atoms with van der Waals surface area (Å²) >= 11 is 0. The summed E-state index contributed by atoms with van der Waals surface area (Å²) < 4.78 is 52.8. The van der Waals surface area contributed by atoms with Crippen LogP contribution >= 0.6 is 0 Å². The molecule has 2 atom stereocenters. The van der Waals surface area contributed by atoms with Crippen LogP contribution in [0, 0.1) is 0 Å². The number of carbonyl (C=O) groups is 1. The molecule has 35 heavy (non-hydrogen) atoms. The number of alkyl halides is 3. The van der Waals surface area contributed by atoms with Gasteiger partial charge in [0.1, 0.15) is 17.5 Å². The molecule has 6 nitrogen and oxygen atoms in total. The standard InChI is InChI=1S/C26H34F3N3O3/c1-18(17-30-21-13-12-20(34-2)16-22(21)35-3)31-24(33)25(14-8-5-9-15-25)32-23(26(27,28)29)19-10-6-4-7-11-19/h4,6-7,10-13,16,18,23,30,32H,5,8-9,14-15,17H2,1-3H3,(H,31,33)/t18-,23?/m0/s1. The number of ether oxygens (including phenoxy) is 2. The largest absolute Gasteiger partial charge is 0.497 e. The predicted octanol–water partition coefficient (Wildman–Crippen LogP) is 5.22. The summed E-state index contributed by atoms with van der Waals surface area (Å²) in [5, 5.41) is 8.91. The summed E-state index contributed by atoms with van der Waals surface area (Å²) in [6.07, 6.45) is -1.56. The Morgan fingerprint density at radius 2 is 1.71 bits per heavy atom. The summed E-state index contributed by atoms with van der Waals surface area (Å²) in [5.74, 6) is 0.833. The van der Waals surface area contributed by atoms with Crippen molar-refractivity contribution in [3.63, 3.8) is 0 Å². The molecule has 1 saturated carbocycles. The van der Waals surface area contributed by atoms with Gasteiger partial charge in [0.15, 0.2) is 0 Å². The lowest BCUT2D eigenvalue weighted by atomic mass is 9.79. The number of halogens is 3. The minimum absolute atomic E-state index is 0.0964. The van der Waals surface area contributed by atoms with Crippen LogP contribution in [-0.2, 0) is 4.79 Å². The van der Waals surface area contributed by atoms with Crippen molar-refractivity contribution in [2.75, 3.05) is 26.1 Å². The zero-order valence-electron chi connectivity index (χ0n) is 20.4. The molecule has 2 aromatic rings. The van der Waals surface area contributed by atoms with Gasteiger partial charge < -0.3 is 20.1 Å². The summed E-state index contributed by atoms with van der Waals surface area (Å²) in [6, 6.07) is 10.8. The Kier molecular flexibility index (Phi) is 8.88. The molecular formula is C26H34F3N3O3. The van der Waals surface area contributed by atoms with Gasteiger partial charge >= 0.3 is 6.18 Å². The molecule has 3 N–H and O–H groups in total. The quantitative estimate of drug-likeness (QED) is 0.424. The maximum atomic E-state index is 14.1. The average molecular weight is 494 g/mol. The highest BCUT2D eigenvalue weighted by Gasteiger charge is 2.49. The lowest BCUT2D eigenvalue weighted by Crippen LogP contribution is -2.62. The van der Waals surface area contributed by atoms with Crippen molar-refractivity contribution >= 4 is 11.6 Å². The topological polar surface area (TPSA) is 71.6 Å². The van der Waals surface area contributed by atoms with Gasteiger partial charge in [-0.05, 0) is 37.5 Å². The molecule has 3 rings (SSSR count). The van der Waals surface area contributed by atoms with E-state index >= 15 is 0 Å². The number of hydrogen-bond donors (Lipinski definition) is 3. The van der Waals surface area contributed by atoms with E-state index in [9.17, 15) is 18.0 Å². The van der Waals surface area contributed by atoms with Crippen LogP contribution in [0.15, 0.2) is 48.5 Å². The van der Waals surface area contributed by atoms with Crippen LogP contribution in [0.5, 0.6) is 11.5 Å². The van der Waals surface area contributed by atoms with Crippen molar-refractivity contribution in [3.05, 3.63) is 54.1 Å². The summed E-state index contributed by atoms with van der Waals surface area (Å²) in [4.78, 5) is 13.4. The van der Waals surface area contributed by atoms with Crippen LogP contribution in [0.1, 0.15) is 50.6 Å². The molecule has 0 radical (unpaired) electrons. The van der Waals surface area contributed by atoms with Crippen molar-refractivity contribution in [2.24, 2.45) is 0 Å². The van der Waals surface area contributed by atoms with Crippen LogP contribution < -0.4 is 25.4 Å². The number of amides is 1. The number of nitrogens with one attached hydrogen (secondary N) is 3. The fraction of sp³-hybridized carbons (Fsp3) is 0.500. The second kappa shape index (κ2) is 11.7. The van der Waals surface area contributed by atoms with E-state index in [0.29, 0.717) is 43.7 Å². The highest BCUT2D eigenvalue weighted by atomic mass is 19.4. The van der Waals surface area contributed by atoms with Crippen molar-refractivity contribution < 1.29 is 27.4 Å². The normalized spacial score (nSPS) is 17.2. The third-order valence-corrected chi connectivity index (χ3v) is 6.41. The Morgan fingerprint density at radius 3 is 2.31 bits per heavy atom. The molecule has 1 amide bonds. The molecular weight excluding hydrogens is 459 g/mol. The maximum absolute atomic E-state index is 14.1. The van der Waals surface area contributed by atoms with Gasteiger partial charge in [-0.3, -0.25) is 10.1 Å². The van der Waals surface area contributed by atoms with Gasteiger partial charge in [0.2, 0.25) is 5.91 Å². The molecule has 0 heterocycles. The van der Waals surface area contributed by atoms with Gasteiger partial charge in [-0.1, -0.05) is 49.6 Å². The first kappa shape index (κ1) is 26.7. The Labute approximate surface area is 204 Å². The van der Waals surface area contributed by atoms with Crippen molar-refractivity contribution in [2.45, 2.75) is 62.8 Å².